The quantitative estimate of drug-likeness (QED) is 0.619. The van der Waals surface area contributed by atoms with E-state index in [1.807, 2.05) is 24.3 Å². The largest absolute Gasteiger partial charge is 0.448 e. The highest BCUT2D eigenvalue weighted by Gasteiger charge is 2.18. The first-order chi connectivity index (χ1) is 9.34. The summed E-state index contributed by atoms with van der Waals surface area (Å²) in [5.74, 6) is 0.904. The SMILES string of the molecule is O=c1c2oc3ccccc3c2nc2n1CCCCC2. The molecule has 0 N–H and O–H groups in total. The minimum atomic E-state index is -0.0295. The van der Waals surface area contributed by atoms with Gasteiger partial charge in [0, 0.05) is 18.4 Å². The molecule has 1 aliphatic rings. The van der Waals surface area contributed by atoms with Crippen LogP contribution in [0.1, 0.15) is 25.1 Å². The average Bonchev–Trinajstić information content (AvgIpc) is 2.64. The van der Waals surface area contributed by atoms with E-state index < -0.39 is 0 Å². The number of aryl methyl sites for hydroxylation is 1. The van der Waals surface area contributed by atoms with Crippen LogP contribution in [0.15, 0.2) is 33.5 Å². The molecule has 3 aromatic rings. The van der Waals surface area contributed by atoms with E-state index in [-0.39, 0.29) is 5.56 Å². The molecule has 4 nitrogen and oxygen atoms in total. The lowest BCUT2D eigenvalue weighted by Crippen LogP contribution is -2.23. The van der Waals surface area contributed by atoms with Crippen LogP contribution in [0.5, 0.6) is 0 Å². The van der Waals surface area contributed by atoms with E-state index in [9.17, 15) is 4.79 Å². The van der Waals surface area contributed by atoms with Crippen molar-refractivity contribution in [2.75, 3.05) is 0 Å². The van der Waals surface area contributed by atoms with Crippen LogP contribution in [0.4, 0.5) is 0 Å². The number of benzene rings is 1. The summed E-state index contributed by atoms with van der Waals surface area (Å²) in [5, 5.41) is 0.933. The zero-order valence-electron chi connectivity index (χ0n) is 10.6. The van der Waals surface area contributed by atoms with Gasteiger partial charge in [-0.3, -0.25) is 9.36 Å². The summed E-state index contributed by atoms with van der Waals surface area (Å²) in [6.07, 6.45) is 4.18. The minimum Gasteiger partial charge on any atom is -0.448 e. The summed E-state index contributed by atoms with van der Waals surface area (Å²) in [5.41, 5.74) is 1.82. The number of para-hydroxylation sites is 1. The number of fused-ring (bicyclic) bond motifs is 4. The van der Waals surface area contributed by atoms with E-state index >= 15 is 0 Å². The Bertz CT molecular complexity index is 829. The number of rotatable bonds is 0. The summed E-state index contributed by atoms with van der Waals surface area (Å²) in [6.45, 7) is 0.758. The van der Waals surface area contributed by atoms with Crippen LogP contribution < -0.4 is 5.56 Å². The fourth-order valence-corrected chi connectivity index (χ4v) is 2.87. The average molecular weight is 254 g/mol. The molecule has 0 saturated heterocycles. The van der Waals surface area contributed by atoms with Crippen molar-refractivity contribution in [3.8, 4) is 0 Å². The second-order valence-electron chi connectivity index (χ2n) is 5.07. The lowest BCUT2D eigenvalue weighted by molar-refractivity contribution is 0.593. The molecule has 2 aromatic heterocycles. The van der Waals surface area contributed by atoms with Crippen molar-refractivity contribution >= 4 is 22.1 Å². The predicted molar refractivity (Wildman–Crippen MR) is 73.3 cm³/mol. The highest BCUT2D eigenvalue weighted by atomic mass is 16.3. The van der Waals surface area contributed by atoms with Gasteiger partial charge in [0.25, 0.3) is 5.56 Å². The molecule has 0 fully saturated rings. The van der Waals surface area contributed by atoms with Crippen molar-refractivity contribution in [2.24, 2.45) is 0 Å². The fourth-order valence-electron chi connectivity index (χ4n) is 2.87. The Morgan fingerprint density at radius 1 is 1.16 bits per heavy atom. The molecule has 0 amide bonds. The second-order valence-corrected chi connectivity index (χ2v) is 5.07. The Hall–Kier alpha value is -2.10. The maximum atomic E-state index is 12.5. The Morgan fingerprint density at radius 3 is 3.00 bits per heavy atom. The lowest BCUT2D eigenvalue weighted by Gasteiger charge is -2.07. The monoisotopic (exact) mass is 254 g/mol. The highest BCUT2D eigenvalue weighted by Crippen LogP contribution is 2.25. The summed E-state index contributed by atoms with van der Waals surface area (Å²) in [7, 11) is 0. The number of furan rings is 1. The van der Waals surface area contributed by atoms with Crippen molar-refractivity contribution in [1.82, 2.24) is 9.55 Å². The molecule has 0 saturated carbocycles. The van der Waals surface area contributed by atoms with Crippen LogP contribution in [-0.4, -0.2) is 9.55 Å². The normalized spacial score (nSPS) is 15.6. The van der Waals surface area contributed by atoms with Crippen molar-refractivity contribution in [1.29, 1.82) is 0 Å². The molecule has 0 atom stereocenters. The van der Waals surface area contributed by atoms with Gasteiger partial charge in [0.15, 0.2) is 0 Å². The zero-order valence-corrected chi connectivity index (χ0v) is 10.6. The molecule has 4 rings (SSSR count). The van der Waals surface area contributed by atoms with Gasteiger partial charge in [0.2, 0.25) is 5.58 Å². The summed E-state index contributed by atoms with van der Waals surface area (Å²) in [6, 6.07) is 7.70. The van der Waals surface area contributed by atoms with Crippen molar-refractivity contribution in [2.45, 2.75) is 32.2 Å². The van der Waals surface area contributed by atoms with Crippen molar-refractivity contribution in [3.05, 3.63) is 40.4 Å². The van der Waals surface area contributed by atoms with Crippen LogP contribution in [0, 0.1) is 0 Å². The Balaban J connectivity index is 2.14. The molecule has 4 heteroatoms. The maximum absolute atomic E-state index is 12.5. The van der Waals surface area contributed by atoms with E-state index in [0.717, 1.165) is 49.0 Å². The van der Waals surface area contributed by atoms with Crippen LogP contribution in [0.25, 0.3) is 22.1 Å². The van der Waals surface area contributed by atoms with Crippen LogP contribution >= 0.6 is 0 Å². The van der Waals surface area contributed by atoms with E-state index in [2.05, 4.69) is 0 Å². The Kier molecular flexibility index (Phi) is 2.24. The standard InChI is InChI=1S/C15H14N2O2/c18-15-14-13(10-6-3-4-7-11(10)19-14)16-12-8-2-1-5-9-17(12)15/h3-4,6-7H,1-2,5,8-9H2. The second kappa shape index (κ2) is 3.95. The van der Waals surface area contributed by atoms with Crippen molar-refractivity contribution < 1.29 is 4.42 Å². The first-order valence-corrected chi connectivity index (χ1v) is 6.75. The predicted octanol–water partition coefficient (Wildman–Crippen LogP) is 2.87. The molecular weight excluding hydrogens is 240 g/mol. The molecule has 1 aliphatic heterocycles. The zero-order chi connectivity index (χ0) is 12.8. The molecule has 3 heterocycles. The lowest BCUT2D eigenvalue weighted by atomic mass is 10.2. The molecule has 0 unspecified atom stereocenters. The van der Waals surface area contributed by atoms with Gasteiger partial charge in [0.05, 0.1) is 0 Å². The molecule has 1 aromatic carbocycles. The molecule has 0 bridgehead atoms. The van der Waals surface area contributed by atoms with Crippen molar-refractivity contribution in [3.63, 3.8) is 0 Å². The van der Waals surface area contributed by atoms with Gasteiger partial charge in [-0.05, 0) is 25.0 Å². The Morgan fingerprint density at radius 2 is 2.05 bits per heavy atom. The molecule has 96 valence electrons. The van der Waals surface area contributed by atoms with E-state index in [1.54, 1.807) is 4.57 Å². The van der Waals surface area contributed by atoms with Gasteiger partial charge in [-0.15, -0.1) is 0 Å². The van der Waals surface area contributed by atoms with Gasteiger partial charge in [0.1, 0.15) is 16.9 Å². The summed E-state index contributed by atoms with van der Waals surface area (Å²) < 4.78 is 7.48. The van der Waals surface area contributed by atoms with Gasteiger partial charge < -0.3 is 4.42 Å². The topological polar surface area (TPSA) is 48.0 Å². The van der Waals surface area contributed by atoms with Crippen LogP contribution in [-0.2, 0) is 13.0 Å². The third-order valence-electron chi connectivity index (χ3n) is 3.84. The molecule has 0 aliphatic carbocycles. The molecular formula is C15H14N2O2. The van der Waals surface area contributed by atoms with Gasteiger partial charge in [-0.1, -0.05) is 18.6 Å². The Labute approximate surface area is 109 Å². The molecule has 0 spiro atoms. The number of hydrogen-bond acceptors (Lipinski definition) is 3. The van der Waals surface area contributed by atoms with Crippen LogP contribution in [0.2, 0.25) is 0 Å². The highest BCUT2D eigenvalue weighted by molar-refractivity contribution is 6.01. The summed E-state index contributed by atoms with van der Waals surface area (Å²) >= 11 is 0. The first-order valence-electron chi connectivity index (χ1n) is 6.75. The number of aromatic nitrogens is 2. The van der Waals surface area contributed by atoms with E-state index in [1.165, 1.54) is 0 Å². The van der Waals surface area contributed by atoms with Crippen LogP contribution in [0.3, 0.4) is 0 Å². The third-order valence-corrected chi connectivity index (χ3v) is 3.84. The van der Waals surface area contributed by atoms with E-state index in [0.29, 0.717) is 11.1 Å². The molecule has 19 heavy (non-hydrogen) atoms. The minimum absolute atomic E-state index is 0.0295. The summed E-state index contributed by atoms with van der Waals surface area (Å²) in [4.78, 5) is 17.2. The van der Waals surface area contributed by atoms with Gasteiger partial charge in [-0.25, -0.2) is 4.98 Å². The maximum Gasteiger partial charge on any atom is 0.297 e. The van der Waals surface area contributed by atoms with Gasteiger partial charge >= 0.3 is 0 Å². The van der Waals surface area contributed by atoms with E-state index in [4.69, 9.17) is 9.40 Å². The fraction of sp³-hybridized carbons (Fsp3) is 0.333. The third kappa shape index (κ3) is 1.52. The smallest absolute Gasteiger partial charge is 0.297 e. The first kappa shape index (κ1) is 10.8. The van der Waals surface area contributed by atoms with Gasteiger partial charge in [-0.2, -0.15) is 0 Å². The molecule has 0 radical (unpaired) electrons. The number of hydrogen-bond donors (Lipinski definition) is 0. The number of nitrogens with zero attached hydrogens (tertiary/aromatic N) is 2.